The van der Waals surface area contributed by atoms with Crippen LogP contribution >= 0.6 is 22.6 Å². The number of nitrogen functional groups attached to an aromatic ring is 1. The molecule has 0 aliphatic carbocycles. The number of anilines is 1. The molecule has 2 rings (SSSR count). The summed E-state index contributed by atoms with van der Waals surface area (Å²) < 4.78 is 1.23. The minimum absolute atomic E-state index is 0.567. The summed E-state index contributed by atoms with van der Waals surface area (Å²) in [5.74, 6) is 1.18. The van der Waals surface area contributed by atoms with Crippen LogP contribution in [0.25, 0.3) is 11.3 Å². The Kier molecular flexibility index (Phi) is 3.71. The summed E-state index contributed by atoms with van der Waals surface area (Å²) in [5, 5.41) is 7.16. The molecule has 0 atom stereocenters. The van der Waals surface area contributed by atoms with Crippen molar-refractivity contribution >= 4 is 28.4 Å². The number of nitrogens with two attached hydrogens (primary N) is 1. The predicted octanol–water partition coefficient (Wildman–Crippen LogP) is 3.46. The molecule has 90 valence electrons. The molecular weight excluding hydrogens is 325 g/mol. The zero-order valence-electron chi connectivity index (χ0n) is 10.00. The molecule has 2 aromatic rings. The van der Waals surface area contributed by atoms with Gasteiger partial charge in [-0.3, -0.25) is 5.10 Å². The minimum Gasteiger partial charge on any atom is -0.382 e. The van der Waals surface area contributed by atoms with Gasteiger partial charge in [0, 0.05) is 9.13 Å². The molecule has 1 heterocycles. The summed E-state index contributed by atoms with van der Waals surface area (Å²) in [7, 11) is 0. The first-order valence-electron chi connectivity index (χ1n) is 5.66. The normalized spacial score (nSPS) is 11.1. The van der Waals surface area contributed by atoms with Crippen molar-refractivity contribution in [3.8, 4) is 11.3 Å². The van der Waals surface area contributed by atoms with Crippen molar-refractivity contribution in [3.63, 3.8) is 0 Å². The average Bonchev–Trinajstić information content (AvgIpc) is 2.61. The molecule has 0 spiro atoms. The fourth-order valence-corrected chi connectivity index (χ4v) is 2.21. The van der Waals surface area contributed by atoms with Crippen molar-refractivity contribution < 1.29 is 0 Å². The summed E-state index contributed by atoms with van der Waals surface area (Å²) in [6.07, 6.45) is 0.948. The van der Waals surface area contributed by atoms with Gasteiger partial charge in [-0.15, -0.1) is 0 Å². The maximum atomic E-state index is 5.91. The van der Waals surface area contributed by atoms with E-state index in [9.17, 15) is 0 Å². The van der Waals surface area contributed by atoms with Crippen molar-refractivity contribution in [2.75, 3.05) is 5.73 Å². The number of hydrogen-bond donors (Lipinski definition) is 2. The Morgan fingerprint density at radius 2 is 1.94 bits per heavy atom. The van der Waals surface area contributed by atoms with Crippen LogP contribution in [0.2, 0.25) is 0 Å². The molecule has 0 saturated carbocycles. The Morgan fingerprint density at radius 3 is 2.53 bits per heavy atom. The van der Waals surface area contributed by atoms with Crippen LogP contribution in [-0.2, 0) is 6.42 Å². The van der Waals surface area contributed by atoms with Crippen molar-refractivity contribution in [2.24, 2.45) is 5.92 Å². The van der Waals surface area contributed by atoms with Gasteiger partial charge in [0.1, 0.15) is 5.82 Å². The van der Waals surface area contributed by atoms with Gasteiger partial charge in [0.2, 0.25) is 0 Å². The second-order valence-corrected chi connectivity index (χ2v) is 5.81. The summed E-state index contributed by atoms with van der Waals surface area (Å²) in [5.41, 5.74) is 9.23. The SMILES string of the molecule is CC(C)Cc1c(N)n[nH]c1-c1ccc(I)cc1. The maximum absolute atomic E-state index is 5.91. The van der Waals surface area contributed by atoms with Crippen LogP contribution in [0.1, 0.15) is 19.4 Å². The van der Waals surface area contributed by atoms with Gasteiger partial charge in [0.05, 0.1) is 5.69 Å². The quantitative estimate of drug-likeness (QED) is 0.840. The summed E-state index contributed by atoms with van der Waals surface area (Å²) in [6, 6.07) is 8.37. The number of halogens is 1. The van der Waals surface area contributed by atoms with Gasteiger partial charge in [-0.25, -0.2) is 0 Å². The number of hydrogen-bond acceptors (Lipinski definition) is 2. The first-order chi connectivity index (χ1) is 8.08. The smallest absolute Gasteiger partial charge is 0.149 e. The van der Waals surface area contributed by atoms with E-state index < -0.39 is 0 Å². The van der Waals surface area contributed by atoms with Crippen LogP contribution in [0.15, 0.2) is 24.3 Å². The van der Waals surface area contributed by atoms with Crippen molar-refractivity contribution in [2.45, 2.75) is 20.3 Å². The van der Waals surface area contributed by atoms with Crippen molar-refractivity contribution in [3.05, 3.63) is 33.4 Å². The van der Waals surface area contributed by atoms with E-state index in [1.807, 2.05) is 0 Å². The molecule has 0 radical (unpaired) electrons. The van der Waals surface area contributed by atoms with Crippen LogP contribution in [0, 0.1) is 9.49 Å². The Morgan fingerprint density at radius 1 is 1.29 bits per heavy atom. The molecule has 1 aromatic carbocycles. The highest BCUT2D eigenvalue weighted by atomic mass is 127. The van der Waals surface area contributed by atoms with E-state index in [2.05, 4.69) is 70.9 Å². The second kappa shape index (κ2) is 5.08. The monoisotopic (exact) mass is 341 g/mol. The van der Waals surface area contributed by atoms with Crippen LogP contribution in [0.3, 0.4) is 0 Å². The number of benzene rings is 1. The minimum atomic E-state index is 0.567. The predicted molar refractivity (Wildman–Crippen MR) is 79.7 cm³/mol. The molecule has 0 aliphatic heterocycles. The van der Waals surface area contributed by atoms with E-state index >= 15 is 0 Å². The molecule has 0 saturated heterocycles. The molecule has 4 heteroatoms. The van der Waals surface area contributed by atoms with E-state index in [4.69, 9.17) is 5.73 Å². The molecule has 3 nitrogen and oxygen atoms in total. The fourth-order valence-electron chi connectivity index (χ4n) is 1.85. The lowest BCUT2D eigenvalue weighted by Crippen LogP contribution is -1.99. The van der Waals surface area contributed by atoms with Gasteiger partial charge < -0.3 is 5.73 Å². The topological polar surface area (TPSA) is 54.7 Å². The number of nitrogens with one attached hydrogen (secondary N) is 1. The van der Waals surface area contributed by atoms with E-state index in [1.165, 1.54) is 3.57 Å². The molecule has 1 aromatic heterocycles. The molecule has 0 amide bonds. The zero-order chi connectivity index (χ0) is 12.4. The molecule has 0 aliphatic rings. The lowest BCUT2D eigenvalue weighted by Gasteiger charge is -2.07. The first-order valence-corrected chi connectivity index (χ1v) is 6.74. The Labute approximate surface area is 115 Å². The molecule has 0 unspecified atom stereocenters. The van der Waals surface area contributed by atoms with Gasteiger partial charge in [0.25, 0.3) is 0 Å². The highest BCUT2D eigenvalue weighted by Crippen LogP contribution is 2.27. The van der Waals surface area contributed by atoms with Crippen LogP contribution < -0.4 is 5.73 Å². The lowest BCUT2D eigenvalue weighted by atomic mass is 9.99. The van der Waals surface area contributed by atoms with Gasteiger partial charge in [-0.1, -0.05) is 26.0 Å². The third-order valence-electron chi connectivity index (χ3n) is 2.64. The van der Waals surface area contributed by atoms with Crippen molar-refractivity contribution in [1.82, 2.24) is 10.2 Å². The van der Waals surface area contributed by atoms with E-state index in [1.54, 1.807) is 0 Å². The molecular formula is C13H16IN3. The summed E-state index contributed by atoms with van der Waals surface area (Å²) >= 11 is 2.30. The summed E-state index contributed by atoms with van der Waals surface area (Å²) in [4.78, 5) is 0. The lowest BCUT2D eigenvalue weighted by molar-refractivity contribution is 0.649. The third kappa shape index (κ3) is 2.80. The van der Waals surface area contributed by atoms with Gasteiger partial charge in [-0.2, -0.15) is 5.10 Å². The molecule has 3 N–H and O–H groups in total. The van der Waals surface area contributed by atoms with Crippen LogP contribution in [-0.4, -0.2) is 10.2 Å². The Hall–Kier alpha value is -1.04. The van der Waals surface area contributed by atoms with Crippen LogP contribution in [0.5, 0.6) is 0 Å². The number of aromatic amines is 1. The van der Waals surface area contributed by atoms with Gasteiger partial charge in [0.15, 0.2) is 0 Å². The molecule has 0 bridgehead atoms. The second-order valence-electron chi connectivity index (χ2n) is 4.57. The van der Waals surface area contributed by atoms with Gasteiger partial charge >= 0.3 is 0 Å². The Balaban J connectivity index is 2.41. The number of aromatic nitrogens is 2. The van der Waals surface area contributed by atoms with Crippen molar-refractivity contribution in [1.29, 1.82) is 0 Å². The molecule has 0 fully saturated rings. The maximum Gasteiger partial charge on any atom is 0.149 e. The largest absolute Gasteiger partial charge is 0.382 e. The third-order valence-corrected chi connectivity index (χ3v) is 3.36. The molecule has 17 heavy (non-hydrogen) atoms. The summed E-state index contributed by atoms with van der Waals surface area (Å²) in [6.45, 7) is 4.37. The van der Waals surface area contributed by atoms with E-state index in [-0.39, 0.29) is 0 Å². The number of H-pyrrole nitrogens is 1. The standard InChI is InChI=1S/C13H16IN3/c1-8(2)7-11-12(16-17-13(11)15)9-3-5-10(14)6-4-9/h3-6,8H,7H2,1-2H3,(H3,15,16,17). The van der Waals surface area contributed by atoms with Gasteiger partial charge in [-0.05, 0) is 52.6 Å². The van der Waals surface area contributed by atoms with E-state index in [0.717, 1.165) is 23.2 Å². The number of rotatable bonds is 3. The average molecular weight is 341 g/mol. The number of nitrogens with zero attached hydrogens (tertiary/aromatic N) is 1. The highest BCUT2D eigenvalue weighted by molar-refractivity contribution is 14.1. The van der Waals surface area contributed by atoms with Crippen LogP contribution in [0.4, 0.5) is 5.82 Å². The fraction of sp³-hybridized carbons (Fsp3) is 0.308. The zero-order valence-corrected chi connectivity index (χ0v) is 12.2. The Bertz CT molecular complexity index is 500. The highest BCUT2D eigenvalue weighted by Gasteiger charge is 2.13. The van der Waals surface area contributed by atoms with E-state index in [0.29, 0.717) is 11.7 Å². The first kappa shape index (κ1) is 12.4.